The summed E-state index contributed by atoms with van der Waals surface area (Å²) in [6, 6.07) is 109. The van der Waals surface area contributed by atoms with Crippen molar-refractivity contribution in [3.05, 3.63) is 322 Å². The number of pyridine rings is 1. The van der Waals surface area contributed by atoms with Gasteiger partial charge in [0.1, 0.15) is 28.8 Å². The molecule has 396 valence electrons. The van der Waals surface area contributed by atoms with Crippen molar-refractivity contribution < 1.29 is 14.0 Å². The van der Waals surface area contributed by atoms with E-state index in [4.69, 9.17) is 14.5 Å². The molecule has 0 saturated carbocycles. The minimum atomic E-state index is 0.682. The molecule has 0 aliphatic rings. The zero-order chi connectivity index (χ0) is 55.8. The summed E-state index contributed by atoms with van der Waals surface area (Å²) in [5.41, 5.74) is 19.3. The Balaban J connectivity index is 0.889. The van der Waals surface area contributed by atoms with E-state index >= 15 is 0 Å². The lowest BCUT2D eigenvalue weighted by molar-refractivity contribution is -0.571. The van der Waals surface area contributed by atoms with Crippen LogP contribution in [0.5, 0.6) is 23.0 Å². The van der Waals surface area contributed by atoms with Gasteiger partial charge in [-0.1, -0.05) is 206 Å². The second kappa shape index (κ2) is 21.6. The summed E-state index contributed by atoms with van der Waals surface area (Å²) >= 11 is 0. The van der Waals surface area contributed by atoms with Crippen molar-refractivity contribution in [1.29, 1.82) is 0 Å². The van der Waals surface area contributed by atoms with Gasteiger partial charge in [0, 0.05) is 29.1 Å². The van der Waals surface area contributed by atoms with Gasteiger partial charge >= 0.3 is 0 Å². The first kappa shape index (κ1) is 49.7. The lowest BCUT2D eigenvalue weighted by atomic mass is 9.89. The third-order valence-electron chi connectivity index (χ3n) is 15.6. The normalized spacial score (nSPS) is 11.3. The highest BCUT2D eigenvalue weighted by Crippen LogP contribution is 2.42. The van der Waals surface area contributed by atoms with Crippen LogP contribution in [0.1, 0.15) is 0 Å². The number of fused-ring (bicyclic) bond motifs is 4. The quantitative estimate of drug-likeness (QED) is 0.0854. The van der Waals surface area contributed by atoms with Crippen LogP contribution in [0.2, 0.25) is 0 Å². The highest BCUT2D eigenvalue weighted by Gasteiger charge is 2.23. The summed E-state index contributed by atoms with van der Waals surface area (Å²) in [6.07, 6.45) is 5.75. The molecule has 0 bridgehead atoms. The van der Waals surface area contributed by atoms with E-state index in [1.54, 1.807) is 6.20 Å². The summed E-state index contributed by atoms with van der Waals surface area (Å²) in [6.45, 7) is 0. The molecule has 0 aliphatic heterocycles. The molecule has 0 atom stereocenters. The second-order valence-electron chi connectivity index (χ2n) is 20.9. The average Bonchev–Trinajstić information content (AvgIpc) is 2.63. The maximum Gasteiger partial charge on any atom is 0.269 e. The van der Waals surface area contributed by atoms with E-state index < -0.39 is 0 Å². The van der Waals surface area contributed by atoms with Crippen molar-refractivity contribution in [3.63, 3.8) is 0 Å². The Morgan fingerprint density at radius 2 is 0.762 bits per heavy atom. The SMILES string of the molecule is [c-]1n(-c2cccc(Oc3ccc4c5ccccc5n(-c5cc(Oc6ccccc6)ccn5)c4c3)c2)c2ccccc2[n+]1-c1c(-c2cc(-c3ccccc3)cc(-c3ccccc3)c2)cccc1-c1cc(-c2ccccc2)cc(-c2ccccc2)c1. The van der Waals surface area contributed by atoms with Crippen molar-refractivity contribution in [2.45, 2.75) is 0 Å². The molecule has 0 N–H and O–H groups in total. The fourth-order valence-electron chi connectivity index (χ4n) is 11.7. The van der Waals surface area contributed by atoms with E-state index in [-0.39, 0.29) is 0 Å². The summed E-state index contributed by atoms with van der Waals surface area (Å²) < 4.78 is 19.8. The van der Waals surface area contributed by atoms with Crippen molar-refractivity contribution in [3.8, 4) is 107 Å². The molecule has 15 rings (SSSR count). The van der Waals surface area contributed by atoms with Crippen LogP contribution in [-0.4, -0.2) is 14.1 Å². The third-order valence-corrected chi connectivity index (χ3v) is 15.6. The number of hydrogen-bond donors (Lipinski definition) is 0. The van der Waals surface area contributed by atoms with E-state index in [1.165, 1.54) is 0 Å². The lowest BCUT2D eigenvalue weighted by Crippen LogP contribution is -2.31. The fraction of sp³-hybridized carbons (Fsp3) is 0. The molecule has 84 heavy (non-hydrogen) atoms. The first-order valence-corrected chi connectivity index (χ1v) is 28.2. The van der Waals surface area contributed by atoms with Crippen molar-refractivity contribution in [2.75, 3.05) is 0 Å². The van der Waals surface area contributed by atoms with Gasteiger partial charge in [-0.15, -0.1) is 0 Å². The molecule has 3 heterocycles. The van der Waals surface area contributed by atoms with Crippen LogP contribution in [0.3, 0.4) is 0 Å². The number of ether oxygens (including phenoxy) is 2. The Morgan fingerprint density at radius 3 is 1.36 bits per heavy atom. The molecule has 3 aromatic heterocycles. The van der Waals surface area contributed by atoms with E-state index in [0.29, 0.717) is 17.2 Å². The number of benzene rings is 12. The van der Waals surface area contributed by atoms with Crippen LogP contribution in [0, 0.1) is 6.33 Å². The predicted molar refractivity (Wildman–Crippen MR) is 341 cm³/mol. The van der Waals surface area contributed by atoms with Crippen LogP contribution >= 0.6 is 0 Å². The van der Waals surface area contributed by atoms with Gasteiger partial charge in [-0.05, 0) is 158 Å². The maximum absolute atomic E-state index is 6.89. The van der Waals surface area contributed by atoms with Gasteiger partial charge in [-0.2, -0.15) is 0 Å². The molecular formula is C78H52N4O2. The Kier molecular flexibility index (Phi) is 12.8. The first-order valence-electron chi connectivity index (χ1n) is 28.2. The van der Waals surface area contributed by atoms with E-state index in [0.717, 1.165) is 123 Å². The molecule has 0 saturated heterocycles. The van der Waals surface area contributed by atoms with Gasteiger partial charge < -0.3 is 9.47 Å². The Bertz CT molecular complexity index is 4620. The number of rotatable bonds is 13. The van der Waals surface area contributed by atoms with Gasteiger partial charge in [0.25, 0.3) is 6.33 Å². The van der Waals surface area contributed by atoms with Gasteiger partial charge in [-0.25, -0.2) is 4.98 Å². The minimum absolute atomic E-state index is 0.682. The monoisotopic (exact) mass is 1080 g/mol. The second-order valence-corrected chi connectivity index (χ2v) is 20.9. The van der Waals surface area contributed by atoms with Gasteiger partial charge in [0.15, 0.2) is 0 Å². The van der Waals surface area contributed by atoms with Crippen LogP contribution in [-0.2, 0) is 0 Å². The Hall–Kier alpha value is -11.3. The zero-order valence-corrected chi connectivity index (χ0v) is 45.6. The summed E-state index contributed by atoms with van der Waals surface area (Å²) in [7, 11) is 0. The summed E-state index contributed by atoms with van der Waals surface area (Å²) in [5, 5.41) is 2.21. The molecule has 12 aromatic carbocycles. The van der Waals surface area contributed by atoms with Crippen LogP contribution in [0.15, 0.2) is 316 Å². The largest absolute Gasteiger partial charge is 0.458 e. The summed E-state index contributed by atoms with van der Waals surface area (Å²) in [5.74, 6) is 3.57. The van der Waals surface area contributed by atoms with Crippen LogP contribution in [0.25, 0.3) is 117 Å². The molecule has 15 aromatic rings. The Morgan fingerprint density at radius 1 is 0.310 bits per heavy atom. The topological polar surface area (TPSA) is 45.1 Å². The highest BCUT2D eigenvalue weighted by atomic mass is 16.5. The van der Waals surface area contributed by atoms with Crippen LogP contribution in [0.4, 0.5) is 0 Å². The molecule has 0 amide bonds. The minimum Gasteiger partial charge on any atom is -0.458 e. The highest BCUT2D eigenvalue weighted by molar-refractivity contribution is 6.09. The fourth-order valence-corrected chi connectivity index (χ4v) is 11.7. The molecule has 0 unspecified atom stereocenters. The predicted octanol–water partition coefficient (Wildman–Crippen LogP) is 19.8. The van der Waals surface area contributed by atoms with Crippen molar-refractivity contribution >= 4 is 32.8 Å². The van der Waals surface area contributed by atoms with E-state index in [9.17, 15) is 0 Å². The van der Waals surface area contributed by atoms with Crippen molar-refractivity contribution in [1.82, 2.24) is 14.1 Å². The van der Waals surface area contributed by atoms with Gasteiger partial charge in [0.2, 0.25) is 0 Å². The Labute approximate surface area is 487 Å². The van der Waals surface area contributed by atoms with E-state index in [2.05, 4.69) is 275 Å². The molecule has 0 radical (unpaired) electrons. The molecule has 0 spiro atoms. The van der Waals surface area contributed by atoms with Crippen molar-refractivity contribution in [2.24, 2.45) is 0 Å². The molecule has 6 nitrogen and oxygen atoms in total. The molecule has 0 fully saturated rings. The lowest BCUT2D eigenvalue weighted by Gasteiger charge is -2.20. The first-order chi connectivity index (χ1) is 41.6. The zero-order valence-electron chi connectivity index (χ0n) is 45.6. The summed E-state index contributed by atoms with van der Waals surface area (Å²) in [4.78, 5) is 4.88. The average molecular weight is 1080 g/mol. The van der Waals surface area contributed by atoms with Gasteiger partial charge in [0.05, 0.1) is 33.4 Å². The molecule has 6 heteroatoms. The number of nitrogens with zero attached hydrogens (tertiary/aromatic N) is 4. The number of aromatic nitrogens is 4. The smallest absolute Gasteiger partial charge is 0.269 e. The third kappa shape index (κ3) is 9.53. The number of imidazole rings is 1. The maximum atomic E-state index is 6.89. The number of para-hydroxylation sites is 5. The van der Waals surface area contributed by atoms with Gasteiger partial charge in [-0.3, -0.25) is 13.7 Å². The number of hydrogen-bond acceptors (Lipinski definition) is 3. The molecule has 0 aliphatic carbocycles. The standard InChI is InChI=1S/C78H52N4O2/c1-6-22-54(23-7-1)58-44-59(55-24-8-2-9-25-55)47-62(46-58)69-35-21-36-70(63-48-60(56-26-10-3-11-27-56)45-61(49-63)57-28-12-4-13-29-57)78(69)81-53-80(74-38-18-19-39-75(74)81)64-30-20-33-66(50-64)84-67-40-41-72-71-34-16-17-37-73(71)82(76(72)51-67)77-52-68(42-43-79-77)83-65-31-14-5-15-32-65/h1-52H. The van der Waals surface area contributed by atoms with Crippen LogP contribution < -0.4 is 14.0 Å². The van der Waals surface area contributed by atoms with E-state index in [1.807, 2.05) is 54.6 Å². The molecular weight excluding hydrogens is 1020 g/mol.